The predicted molar refractivity (Wildman–Crippen MR) is 64.1 cm³/mol. The molecule has 1 aromatic heterocycles. The van der Waals surface area contributed by atoms with E-state index in [0.29, 0.717) is 5.15 Å². The Bertz CT molecular complexity index is 448. The molecule has 2 rings (SSSR count). The number of nitrogens with zero attached hydrogens (tertiary/aromatic N) is 1. The fourth-order valence-electron chi connectivity index (χ4n) is 1.52. The van der Waals surface area contributed by atoms with Crippen molar-refractivity contribution in [3.05, 3.63) is 53.3 Å². The quantitative estimate of drug-likeness (QED) is 0.694. The highest BCUT2D eigenvalue weighted by atomic mass is 35.5. The van der Waals surface area contributed by atoms with Gasteiger partial charge in [-0.1, -0.05) is 42.8 Å². The molecular weight excluding hydrogens is 206 g/mol. The van der Waals surface area contributed by atoms with E-state index in [0.717, 1.165) is 17.5 Å². The third-order valence-electron chi connectivity index (χ3n) is 2.43. The molecule has 0 aliphatic carbocycles. The first-order valence-corrected chi connectivity index (χ1v) is 5.39. The van der Waals surface area contributed by atoms with Gasteiger partial charge in [-0.25, -0.2) is 4.98 Å². The molecule has 0 amide bonds. The summed E-state index contributed by atoms with van der Waals surface area (Å²) in [5, 5.41) is 0.557. The van der Waals surface area contributed by atoms with Crippen molar-refractivity contribution in [3.8, 4) is 11.1 Å². The first-order valence-electron chi connectivity index (χ1n) is 5.01. The molecule has 0 N–H and O–H groups in total. The molecule has 2 heteroatoms. The Morgan fingerprint density at radius 1 is 1.13 bits per heavy atom. The lowest BCUT2D eigenvalue weighted by Gasteiger charge is -2.04. The summed E-state index contributed by atoms with van der Waals surface area (Å²) < 4.78 is 0. The lowest BCUT2D eigenvalue weighted by Crippen LogP contribution is -1.84. The number of aryl methyl sites for hydroxylation is 1. The number of benzene rings is 1. The molecule has 0 saturated carbocycles. The van der Waals surface area contributed by atoms with E-state index in [1.165, 1.54) is 5.56 Å². The van der Waals surface area contributed by atoms with Gasteiger partial charge in [0.2, 0.25) is 0 Å². The van der Waals surface area contributed by atoms with Crippen LogP contribution in [0.2, 0.25) is 5.15 Å². The number of hydrogen-bond acceptors (Lipinski definition) is 1. The van der Waals surface area contributed by atoms with E-state index in [9.17, 15) is 0 Å². The summed E-state index contributed by atoms with van der Waals surface area (Å²) in [6.45, 7) is 2.14. The maximum atomic E-state index is 6.02. The van der Waals surface area contributed by atoms with Crippen LogP contribution in [-0.2, 0) is 6.42 Å². The van der Waals surface area contributed by atoms with E-state index in [2.05, 4.69) is 36.2 Å². The second-order valence-electron chi connectivity index (χ2n) is 3.39. The van der Waals surface area contributed by atoms with Gasteiger partial charge in [-0.15, -0.1) is 0 Å². The zero-order chi connectivity index (χ0) is 10.7. The Hall–Kier alpha value is -1.34. The molecule has 0 aliphatic heterocycles. The standard InChI is InChI=1S/C13H12ClN/c1-2-10-5-7-11(8-6-10)12-4-3-9-15-13(12)14/h3-9H,2H2,1H3. The summed E-state index contributed by atoms with van der Waals surface area (Å²) in [4.78, 5) is 4.06. The Labute approximate surface area is 94.7 Å². The SMILES string of the molecule is CCc1ccc(-c2cccnc2Cl)cc1. The number of pyridine rings is 1. The number of hydrogen-bond donors (Lipinski definition) is 0. The highest BCUT2D eigenvalue weighted by molar-refractivity contribution is 6.32. The van der Waals surface area contributed by atoms with Gasteiger partial charge in [0.1, 0.15) is 5.15 Å². The monoisotopic (exact) mass is 217 g/mol. The Kier molecular flexibility index (Phi) is 3.02. The highest BCUT2D eigenvalue weighted by Gasteiger charge is 2.02. The molecule has 15 heavy (non-hydrogen) atoms. The van der Waals surface area contributed by atoms with Crippen LogP contribution < -0.4 is 0 Å². The van der Waals surface area contributed by atoms with Crippen molar-refractivity contribution < 1.29 is 0 Å². The molecule has 1 aromatic carbocycles. The van der Waals surface area contributed by atoms with E-state index >= 15 is 0 Å². The largest absolute Gasteiger partial charge is 0.244 e. The van der Waals surface area contributed by atoms with E-state index in [1.54, 1.807) is 6.20 Å². The summed E-state index contributed by atoms with van der Waals surface area (Å²) in [7, 11) is 0. The lowest BCUT2D eigenvalue weighted by molar-refractivity contribution is 1.14. The first kappa shape index (κ1) is 10.2. The van der Waals surface area contributed by atoms with Crippen LogP contribution in [0.5, 0.6) is 0 Å². The molecule has 0 bridgehead atoms. The number of aromatic nitrogens is 1. The minimum atomic E-state index is 0.557. The third kappa shape index (κ3) is 2.18. The van der Waals surface area contributed by atoms with Crippen LogP contribution in [0.4, 0.5) is 0 Å². The zero-order valence-electron chi connectivity index (χ0n) is 8.57. The van der Waals surface area contributed by atoms with Crippen LogP contribution in [0.1, 0.15) is 12.5 Å². The van der Waals surface area contributed by atoms with Gasteiger partial charge in [0.15, 0.2) is 0 Å². The van der Waals surface area contributed by atoms with Gasteiger partial charge in [0.05, 0.1) is 0 Å². The molecule has 0 spiro atoms. The minimum absolute atomic E-state index is 0.557. The molecule has 0 fully saturated rings. The van der Waals surface area contributed by atoms with Crippen LogP contribution in [0.15, 0.2) is 42.6 Å². The Morgan fingerprint density at radius 2 is 1.87 bits per heavy atom. The fraction of sp³-hybridized carbons (Fsp3) is 0.154. The van der Waals surface area contributed by atoms with Gasteiger partial charge in [0.25, 0.3) is 0 Å². The van der Waals surface area contributed by atoms with Crippen LogP contribution in [0.25, 0.3) is 11.1 Å². The Balaban J connectivity index is 2.42. The van der Waals surface area contributed by atoms with Gasteiger partial charge < -0.3 is 0 Å². The maximum Gasteiger partial charge on any atom is 0.136 e. The third-order valence-corrected chi connectivity index (χ3v) is 2.73. The van der Waals surface area contributed by atoms with Crippen molar-refractivity contribution in [2.24, 2.45) is 0 Å². The highest BCUT2D eigenvalue weighted by Crippen LogP contribution is 2.25. The topological polar surface area (TPSA) is 12.9 Å². The average molecular weight is 218 g/mol. The average Bonchev–Trinajstić information content (AvgIpc) is 2.30. The van der Waals surface area contributed by atoms with E-state index in [1.807, 2.05) is 12.1 Å². The summed E-state index contributed by atoms with van der Waals surface area (Å²) in [6, 6.07) is 12.3. The molecule has 76 valence electrons. The van der Waals surface area contributed by atoms with Gasteiger partial charge in [-0.05, 0) is 29.7 Å². The molecule has 1 heterocycles. The van der Waals surface area contributed by atoms with Crippen molar-refractivity contribution in [1.29, 1.82) is 0 Å². The second-order valence-corrected chi connectivity index (χ2v) is 3.75. The number of halogens is 1. The first-order chi connectivity index (χ1) is 7.31. The van der Waals surface area contributed by atoms with Crippen molar-refractivity contribution in [3.63, 3.8) is 0 Å². The normalized spacial score (nSPS) is 10.3. The van der Waals surface area contributed by atoms with Crippen molar-refractivity contribution in [1.82, 2.24) is 4.98 Å². The van der Waals surface area contributed by atoms with E-state index in [-0.39, 0.29) is 0 Å². The predicted octanol–water partition coefficient (Wildman–Crippen LogP) is 3.96. The number of rotatable bonds is 2. The maximum absolute atomic E-state index is 6.02. The lowest BCUT2D eigenvalue weighted by atomic mass is 10.0. The second kappa shape index (κ2) is 4.45. The fourth-order valence-corrected chi connectivity index (χ4v) is 1.75. The molecule has 2 aromatic rings. The summed E-state index contributed by atoms with van der Waals surface area (Å²) in [5.74, 6) is 0. The zero-order valence-corrected chi connectivity index (χ0v) is 9.33. The Morgan fingerprint density at radius 3 is 2.47 bits per heavy atom. The molecule has 1 nitrogen and oxygen atoms in total. The van der Waals surface area contributed by atoms with Gasteiger partial charge >= 0.3 is 0 Å². The summed E-state index contributed by atoms with van der Waals surface area (Å²) in [5.41, 5.74) is 3.44. The molecule has 0 unspecified atom stereocenters. The van der Waals surface area contributed by atoms with Crippen LogP contribution in [0.3, 0.4) is 0 Å². The summed E-state index contributed by atoms with van der Waals surface area (Å²) in [6.07, 6.45) is 2.76. The van der Waals surface area contributed by atoms with Crippen molar-refractivity contribution >= 4 is 11.6 Å². The van der Waals surface area contributed by atoms with Gasteiger partial charge in [0, 0.05) is 11.8 Å². The van der Waals surface area contributed by atoms with Gasteiger partial charge in [-0.2, -0.15) is 0 Å². The van der Waals surface area contributed by atoms with Crippen molar-refractivity contribution in [2.75, 3.05) is 0 Å². The van der Waals surface area contributed by atoms with Crippen LogP contribution in [-0.4, -0.2) is 4.98 Å². The molecule has 0 atom stereocenters. The summed E-state index contributed by atoms with van der Waals surface area (Å²) >= 11 is 6.02. The van der Waals surface area contributed by atoms with E-state index < -0.39 is 0 Å². The molecule has 0 aliphatic rings. The molecule has 0 saturated heterocycles. The van der Waals surface area contributed by atoms with Gasteiger partial charge in [-0.3, -0.25) is 0 Å². The minimum Gasteiger partial charge on any atom is -0.244 e. The van der Waals surface area contributed by atoms with E-state index in [4.69, 9.17) is 11.6 Å². The van der Waals surface area contributed by atoms with Crippen molar-refractivity contribution in [2.45, 2.75) is 13.3 Å². The van der Waals surface area contributed by atoms with Crippen LogP contribution >= 0.6 is 11.6 Å². The van der Waals surface area contributed by atoms with Crippen LogP contribution in [0, 0.1) is 0 Å². The molecular formula is C13H12ClN. The smallest absolute Gasteiger partial charge is 0.136 e. The molecule has 0 radical (unpaired) electrons.